The molecule has 0 saturated carbocycles. The maximum atomic E-state index is 13.1. The van der Waals surface area contributed by atoms with Crippen molar-refractivity contribution in [2.45, 2.75) is 12.4 Å². The van der Waals surface area contributed by atoms with Gasteiger partial charge in [-0.2, -0.15) is 31.6 Å². The van der Waals surface area contributed by atoms with Gasteiger partial charge in [-0.25, -0.2) is 4.79 Å². The van der Waals surface area contributed by atoms with E-state index >= 15 is 0 Å². The number of hydrogen-bond donors (Lipinski definition) is 0. The second-order valence-corrected chi connectivity index (χ2v) is 7.13. The number of rotatable bonds is 5. The molecule has 0 heterocycles. The van der Waals surface area contributed by atoms with Crippen LogP contribution < -0.4 is 9.47 Å². The van der Waals surface area contributed by atoms with Crippen LogP contribution in [0.3, 0.4) is 0 Å². The van der Waals surface area contributed by atoms with Gasteiger partial charge in [-0.05, 0) is 54.1 Å². The molecule has 0 aliphatic rings. The van der Waals surface area contributed by atoms with Crippen LogP contribution >= 0.6 is 0 Å². The van der Waals surface area contributed by atoms with E-state index in [2.05, 4.69) is 0 Å². The summed E-state index contributed by atoms with van der Waals surface area (Å²) in [7, 11) is 1.44. The number of esters is 1. The van der Waals surface area contributed by atoms with Gasteiger partial charge in [0.1, 0.15) is 11.5 Å². The Labute approximate surface area is 195 Å². The molecule has 0 spiro atoms. The highest BCUT2D eigenvalue weighted by molar-refractivity contribution is 5.93. The number of carbonyl (C=O) groups excluding carboxylic acids is 1. The van der Waals surface area contributed by atoms with E-state index < -0.39 is 35.0 Å². The van der Waals surface area contributed by atoms with Crippen LogP contribution in [0.4, 0.5) is 26.3 Å². The molecule has 10 heteroatoms. The summed E-state index contributed by atoms with van der Waals surface area (Å²) in [4.78, 5) is 12.4. The molecule has 0 aromatic heterocycles. The molecule has 3 aromatic rings. The summed E-state index contributed by atoms with van der Waals surface area (Å²) in [6, 6.07) is 14.9. The van der Waals surface area contributed by atoms with E-state index in [4.69, 9.17) is 9.47 Å². The first-order valence-electron chi connectivity index (χ1n) is 9.79. The molecule has 0 unspecified atom stereocenters. The number of carbonyl (C=O) groups is 1. The Balaban J connectivity index is 1.94. The first-order valence-corrected chi connectivity index (χ1v) is 9.79. The van der Waals surface area contributed by atoms with Gasteiger partial charge in [0.05, 0.1) is 35.4 Å². The van der Waals surface area contributed by atoms with Crippen molar-refractivity contribution in [1.29, 1.82) is 5.26 Å². The lowest BCUT2D eigenvalue weighted by Crippen LogP contribution is -2.15. The molecule has 0 aliphatic heterocycles. The summed E-state index contributed by atoms with van der Waals surface area (Å²) < 4.78 is 88.7. The molecule has 180 valence electrons. The maximum Gasteiger partial charge on any atom is 0.416 e. The molecule has 0 N–H and O–H groups in total. The molecular formula is C25H15F6NO3. The van der Waals surface area contributed by atoms with Crippen molar-refractivity contribution in [2.75, 3.05) is 7.11 Å². The SMILES string of the molecule is COc1ccccc1/C(C#N)=C\c1cccc(OC(=O)c2cc(C(F)(F)F)cc(C(F)(F)F)c2)c1. The molecule has 0 atom stereocenters. The lowest BCUT2D eigenvalue weighted by Gasteiger charge is -2.14. The summed E-state index contributed by atoms with van der Waals surface area (Å²) in [6.45, 7) is 0. The van der Waals surface area contributed by atoms with E-state index in [9.17, 15) is 36.4 Å². The monoisotopic (exact) mass is 491 g/mol. The number of para-hydroxylation sites is 1. The maximum absolute atomic E-state index is 13.1. The number of nitriles is 1. The van der Waals surface area contributed by atoms with Crippen LogP contribution in [0.5, 0.6) is 11.5 Å². The van der Waals surface area contributed by atoms with Crippen molar-refractivity contribution < 1.29 is 40.6 Å². The van der Waals surface area contributed by atoms with Gasteiger partial charge in [0.2, 0.25) is 0 Å². The fourth-order valence-corrected chi connectivity index (χ4v) is 3.11. The van der Waals surface area contributed by atoms with Crippen molar-refractivity contribution in [2.24, 2.45) is 0 Å². The Morgan fingerprint density at radius 3 is 2.09 bits per heavy atom. The molecule has 4 nitrogen and oxygen atoms in total. The van der Waals surface area contributed by atoms with Gasteiger partial charge < -0.3 is 9.47 Å². The van der Waals surface area contributed by atoms with Crippen LogP contribution in [0.2, 0.25) is 0 Å². The average molecular weight is 491 g/mol. The molecule has 0 aliphatic carbocycles. The number of hydrogen-bond acceptors (Lipinski definition) is 4. The number of ether oxygens (including phenoxy) is 2. The predicted octanol–water partition coefficient (Wildman–Crippen LogP) is 7.02. The van der Waals surface area contributed by atoms with Crippen LogP contribution in [0.15, 0.2) is 66.7 Å². The predicted molar refractivity (Wildman–Crippen MR) is 114 cm³/mol. The molecule has 0 bridgehead atoms. The van der Waals surface area contributed by atoms with Gasteiger partial charge in [-0.15, -0.1) is 0 Å². The highest BCUT2D eigenvalue weighted by atomic mass is 19.4. The van der Waals surface area contributed by atoms with Crippen LogP contribution in [-0.4, -0.2) is 13.1 Å². The van der Waals surface area contributed by atoms with Crippen molar-refractivity contribution in [3.63, 3.8) is 0 Å². The Morgan fingerprint density at radius 2 is 1.51 bits per heavy atom. The third kappa shape index (κ3) is 6.20. The van der Waals surface area contributed by atoms with Crippen LogP contribution in [0.1, 0.15) is 32.6 Å². The van der Waals surface area contributed by atoms with Gasteiger partial charge in [0, 0.05) is 5.56 Å². The molecule has 0 fully saturated rings. The summed E-state index contributed by atoms with van der Waals surface area (Å²) in [5, 5.41) is 9.56. The Morgan fingerprint density at radius 1 is 0.886 bits per heavy atom. The zero-order chi connectivity index (χ0) is 25.8. The third-order valence-electron chi connectivity index (χ3n) is 4.72. The van der Waals surface area contributed by atoms with Gasteiger partial charge in [0.15, 0.2) is 0 Å². The molecule has 0 saturated heterocycles. The van der Waals surface area contributed by atoms with Gasteiger partial charge >= 0.3 is 18.3 Å². The first kappa shape index (κ1) is 25.4. The summed E-state index contributed by atoms with van der Waals surface area (Å²) >= 11 is 0. The highest BCUT2D eigenvalue weighted by Gasteiger charge is 2.37. The zero-order valence-electron chi connectivity index (χ0n) is 17.9. The van der Waals surface area contributed by atoms with Crippen LogP contribution in [0, 0.1) is 11.3 Å². The Kier molecular flexibility index (Phi) is 7.20. The normalized spacial score (nSPS) is 12.1. The number of allylic oxidation sites excluding steroid dienone is 1. The zero-order valence-corrected chi connectivity index (χ0v) is 17.9. The molecule has 3 rings (SSSR count). The quantitative estimate of drug-likeness (QED) is 0.127. The summed E-state index contributed by atoms with van der Waals surface area (Å²) in [6.07, 6.45) is -8.75. The highest BCUT2D eigenvalue weighted by Crippen LogP contribution is 2.36. The van der Waals surface area contributed by atoms with E-state index in [1.54, 1.807) is 30.3 Å². The standard InChI is InChI=1S/C25H15F6NO3/c1-34-22-8-3-2-7-21(22)17(14-32)9-15-5-4-6-20(10-15)35-23(33)16-11-18(24(26,27)28)13-19(12-16)25(29,30)31/h2-13H,1H3/b17-9-. The number of methoxy groups -OCH3 is 1. The van der Waals surface area contributed by atoms with Crippen molar-refractivity contribution >= 4 is 17.6 Å². The molecule has 3 aromatic carbocycles. The molecule has 0 amide bonds. The second kappa shape index (κ2) is 9.93. The smallest absolute Gasteiger partial charge is 0.416 e. The largest absolute Gasteiger partial charge is 0.496 e. The van der Waals surface area contributed by atoms with Crippen LogP contribution in [-0.2, 0) is 12.4 Å². The molecular weight excluding hydrogens is 476 g/mol. The Hall–Kier alpha value is -4.26. The lowest BCUT2D eigenvalue weighted by molar-refractivity contribution is -0.143. The summed E-state index contributed by atoms with van der Waals surface area (Å²) in [5.41, 5.74) is -3.10. The van der Waals surface area contributed by atoms with E-state index in [0.717, 1.165) is 0 Å². The average Bonchev–Trinajstić information content (AvgIpc) is 2.81. The van der Waals surface area contributed by atoms with Crippen molar-refractivity contribution in [1.82, 2.24) is 0 Å². The van der Waals surface area contributed by atoms with E-state index in [1.165, 1.54) is 31.4 Å². The second-order valence-electron chi connectivity index (χ2n) is 7.13. The minimum absolute atomic E-state index is 0.0799. The number of benzene rings is 3. The fourth-order valence-electron chi connectivity index (χ4n) is 3.11. The van der Waals surface area contributed by atoms with Gasteiger partial charge in [-0.3, -0.25) is 0 Å². The number of nitrogens with zero attached hydrogens (tertiary/aromatic N) is 1. The number of alkyl halides is 6. The molecule has 0 radical (unpaired) electrons. The minimum Gasteiger partial charge on any atom is -0.496 e. The van der Waals surface area contributed by atoms with Crippen molar-refractivity contribution in [3.05, 3.63) is 94.5 Å². The topological polar surface area (TPSA) is 59.3 Å². The van der Waals surface area contributed by atoms with Gasteiger partial charge in [0.25, 0.3) is 0 Å². The summed E-state index contributed by atoms with van der Waals surface area (Å²) in [5.74, 6) is -1.12. The van der Waals surface area contributed by atoms with E-state index in [-0.39, 0.29) is 29.5 Å². The fraction of sp³-hybridized carbons (Fsp3) is 0.120. The van der Waals surface area contributed by atoms with Crippen molar-refractivity contribution in [3.8, 4) is 17.6 Å². The van der Waals surface area contributed by atoms with Gasteiger partial charge in [-0.1, -0.05) is 24.3 Å². The van der Waals surface area contributed by atoms with E-state index in [0.29, 0.717) is 16.9 Å². The number of halogens is 6. The van der Waals surface area contributed by atoms with E-state index in [1.807, 2.05) is 6.07 Å². The minimum atomic E-state index is -5.10. The lowest BCUT2D eigenvalue weighted by atomic mass is 10.0. The Bertz CT molecular complexity index is 1290. The molecule has 35 heavy (non-hydrogen) atoms. The van der Waals surface area contributed by atoms with Crippen LogP contribution in [0.25, 0.3) is 11.6 Å². The third-order valence-corrected chi connectivity index (χ3v) is 4.72. The first-order chi connectivity index (χ1) is 16.4.